The molecule has 1 heterocycles. The van der Waals surface area contributed by atoms with E-state index < -0.39 is 0 Å². The molecular weight excluding hydrogens is 280 g/mol. The Morgan fingerprint density at radius 3 is 2.53 bits per heavy atom. The minimum absolute atomic E-state index is 0.0436. The van der Waals surface area contributed by atoms with E-state index in [9.17, 15) is 0 Å². The van der Waals surface area contributed by atoms with Crippen molar-refractivity contribution in [3.63, 3.8) is 0 Å². The normalized spacial score (nSPS) is 11.9. The number of thiocarbonyl (C=S) groups is 1. The van der Waals surface area contributed by atoms with Crippen molar-refractivity contribution in [1.29, 1.82) is 0 Å². The van der Waals surface area contributed by atoms with Crippen LogP contribution in [-0.2, 0) is 0 Å². The molecule has 2 rings (SSSR count). The smallest absolute Gasteiger partial charge is 0.155 e. The Bertz CT molecular complexity index is 585. The molecule has 1 atom stereocenters. The number of aromatic nitrogens is 2. The Morgan fingerprint density at radius 1 is 1.26 bits per heavy atom. The van der Waals surface area contributed by atoms with E-state index in [4.69, 9.17) is 29.6 Å². The van der Waals surface area contributed by atoms with Gasteiger partial charge in [0.1, 0.15) is 10.7 Å². The molecule has 0 fully saturated rings. The maximum Gasteiger partial charge on any atom is 0.155 e. The zero-order valence-corrected chi connectivity index (χ0v) is 11.9. The fraction of sp³-hybridized carbons (Fsp3) is 0.154. The average Bonchev–Trinajstić information content (AvgIpc) is 2.39. The number of benzene rings is 1. The Balaban J connectivity index is 2.21. The van der Waals surface area contributed by atoms with Crippen LogP contribution in [0.25, 0.3) is 0 Å². The lowest BCUT2D eigenvalue weighted by Gasteiger charge is -2.16. The van der Waals surface area contributed by atoms with E-state index in [2.05, 4.69) is 15.3 Å². The topological polar surface area (TPSA) is 63.8 Å². The lowest BCUT2D eigenvalue weighted by atomic mass is 10.1. The number of hydrogen-bond donors (Lipinski definition) is 2. The minimum Gasteiger partial charge on any atom is -0.388 e. The van der Waals surface area contributed by atoms with E-state index in [0.717, 1.165) is 5.56 Å². The summed E-state index contributed by atoms with van der Waals surface area (Å²) in [6.45, 7) is 2.02. The average molecular weight is 293 g/mol. The second kappa shape index (κ2) is 5.95. The van der Waals surface area contributed by atoms with Gasteiger partial charge < -0.3 is 11.1 Å². The van der Waals surface area contributed by atoms with E-state index in [0.29, 0.717) is 16.5 Å². The highest BCUT2D eigenvalue weighted by Gasteiger charge is 2.11. The van der Waals surface area contributed by atoms with Crippen molar-refractivity contribution in [1.82, 2.24) is 9.97 Å². The van der Waals surface area contributed by atoms with Gasteiger partial charge in [-0.25, -0.2) is 9.97 Å². The summed E-state index contributed by atoms with van der Waals surface area (Å²) in [6.07, 6.45) is 3.16. The van der Waals surface area contributed by atoms with Gasteiger partial charge in [0.25, 0.3) is 0 Å². The summed E-state index contributed by atoms with van der Waals surface area (Å²) >= 11 is 10.8. The molecule has 19 heavy (non-hydrogen) atoms. The number of anilines is 1. The van der Waals surface area contributed by atoms with Crippen LogP contribution in [0.3, 0.4) is 0 Å². The van der Waals surface area contributed by atoms with Gasteiger partial charge in [0.05, 0.1) is 6.04 Å². The minimum atomic E-state index is 0.0436. The summed E-state index contributed by atoms with van der Waals surface area (Å²) in [5.41, 5.74) is 7.21. The molecule has 1 unspecified atom stereocenters. The van der Waals surface area contributed by atoms with E-state index in [1.54, 1.807) is 12.4 Å². The summed E-state index contributed by atoms with van der Waals surface area (Å²) < 4.78 is 0. The largest absolute Gasteiger partial charge is 0.388 e. The highest BCUT2D eigenvalue weighted by molar-refractivity contribution is 7.80. The van der Waals surface area contributed by atoms with Gasteiger partial charge in [-0.15, -0.1) is 0 Å². The lowest BCUT2D eigenvalue weighted by Crippen LogP contribution is -2.17. The second-order valence-corrected chi connectivity index (χ2v) is 4.91. The number of hydrogen-bond acceptors (Lipinski definition) is 4. The van der Waals surface area contributed by atoms with Gasteiger partial charge in [0.2, 0.25) is 0 Å². The third-order valence-electron chi connectivity index (χ3n) is 2.65. The maximum atomic E-state index is 5.87. The Hall–Kier alpha value is -1.72. The van der Waals surface area contributed by atoms with Crippen molar-refractivity contribution < 1.29 is 0 Å². The van der Waals surface area contributed by atoms with Crippen molar-refractivity contribution in [2.45, 2.75) is 13.0 Å². The molecule has 2 aromatic rings. The van der Waals surface area contributed by atoms with Crippen molar-refractivity contribution in [2.24, 2.45) is 5.73 Å². The van der Waals surface area contributed by atoms with E-state index in [-0.39, 0.29) is 11.0 Å². The summed E-state index contributed by atoms with van der Waals surface area (Å²) in [5, 5.41) is 3.95. The molecule has 0 radical (unpaired) electrons. The first kappa shape index (κ1) is 13.7. The maximum absolute atomic E-state index is 5.87. The van der Waals surface area contributed by atoms with Crippen LogP contribution in [0.2, 0.25) is 5.02 Å². The third kappa shape index (κ3) is 3.39. The van der Waals surface area contributed by atoms with Crippen LogP contribution < -0.4 is 11.1 Å². The number of halogens is 1. The molecule has 0 saturated heterocycles. The van der Waals surface area contributed by atoms with E-state index in [1.165, 1.54) is 0 Å². The quantitative estimate of drug-likeness (QED) is 0.848. The van der Waals surface area contributed by atoms with Crippen LogP contribution in [0, 0.1) is 0 Å². The van der Waals surface area contributed by atoms with Crippen LogP contribution in [0.4, 0.5) is 5.82 Å². The molecule has 0 bridgehead atoms. The fourth-order valence-electron chi connectivity index (χ4n) is 1.66. The van der Waals surface area contributed by atoms with Crippen molar-refractivity contribution in [2.75, 3.05) is 5.32 Å². The summed E-state index contributed by atoms with van der Waals surface area (Å²) in [6, 6.07) is 7.65. The molecule has 0 amide bonds. The summed E-state index contributed by atoms with van der Waals surface area (Å²) in [7, 11) is 0. The first-order chi connectivity index (χ1) is 9.08. The van der Waals surface area contributed by atoms with Crippen molar-refractivity contribution >= 4 is 34.6 Å². The van der Waals surface area contributed by atoms with Gasteiger partial charge in [0, 0.05) is 17.4 Å². The fourth-order valence-corrected chi connectivity index (χ4v) is 1.94. The predicted octanol–water partition coefficient (Wildman–Crippen LogP) is 2.94. The van der Waals surface area contributed by atoms with Gasteiger partial charge in [-0.05, 0) is 24.6 Å². The molecule has 0 aliphatic heterocycles. The highest BCUT2D eigenvalue weighted by Crippen LogP contribution is 2.21. The molecule has 0 aliphatic carbocycles. The van der Waals surface area contributed by atoms with Gasteiger partial charge in [-0.1, -0.05) is 36.0 Å². The van der Waals surface area contributed by atoms with Crippen LogP contribution in [0.1, 0.15) is 24.2 Å². The van der Waals surface area contributed by atoms with Crippen LogP contribution in [0.15, 0.2) is 36.7 Å². The zero-order valence-electron chi connectivity index (χ0n) is 10.3. The molecule has 4 nitrogen and oxygen atoms in total. The predicted molar refractivity (Wildman–Crippen MR) is 81.4 cm³/mol. The van der Waals surface area contributed by atoms with E-state index >= 15 is 0 Å². The monoisotopic (exact) mass is 292 g/mol. The van der Waals surface area contributed by atoms with Crippen molar-refractivity contribution in [3.05, 3.63) is 52.9 Å². The molecule has 0 saturated carbocycles. The molecule has 1 aromatic heterocycles. The SMILES string of the molecule is CC(Nc1nccnc1C(N)=S)c1ccc(Cl)cc1. The molecule has 3 N–H and O–H groups in total. The molecule has 0 spiro atoms. The number of nitrogens with two attached hydrogens (primary N) is 1. The Kier molecular flexibility index (Phi) is 4.29. The first-order valence-corrected chi connectivity index (χ1v) is 6.49. The number of nitrogens with one attached hydrogen (secondary N) is 1. The Labute approximate surface area is 122 Å². The Morgan fingerprint density at radius 2 is 1.89 bits per heavy atom. The lowest BCUT2D eigenvalue weighted by molar-refractivity contribution is 0.870. The first-order valence-electron chi connectivity index (χ1n) is 5.70. The number of nitrogens with zero attached hydrogens (tertiary/aromatic N) is 2. The summed E-state index contributed by atoms with van der Waals surface area (Å²) in [5.74, 6) is 0.581. The van der Waals surface area contributed by atoms with Crippen LogP contribution in [-0.4, -0.2) is 15.0 Å². The summed E-state index contributed by atoms with van der Waals surface area (Å²) in [4.78, 5) is 8.56. The third-order valence-corrected chi connectivity index (χ3v) is 3.10. The van der Waals surface area contributed by atoms with Crippen molar-refractivity contribution in [3.8, 4) is 0 Å². The van der Waals surface area contributed by atoms with Crippen LogP contribution >= 0.6 is 23.8 Å². The molecule has 98 valence electrons. The van der Waals surface area contributed by atoms with Gasteiger partial charge >= 0.3 is 0 Å². The zero-order chi connectivity index (χ0) is 13.8. The molecule has 6 heteroatoms. The second-order valence-electron chi connectivity index (χ2n) is 4.04. The van der Waals surface area contributed by atoms with Gasteiger partial charge in [0.15, 0.2) is 5.82 Å². The van der Waals surface area contributed by atoms with E-state index in [1.807, 2.05) is 31.2 Å². The molecular formula is C13H13ClN4S. The number of rotatable bonds is 4. The molecule has 1 aromatic carbocycles. The standard InChI is InChI=1S/C13H13ClN4S/c1-8(9-2-4-10(14)5-3-9)18-13-11(12(15)19)16-6-7-17-13/h2-8H,1H3,(H2,15,19)(H,17,18). The van der Waals surface area contributed by atoms with Gasteiger partial charge in [-0.2, -0.15) is 0 Å². The highest BCUT2D eigenvalue weighted by atomic mass is 35.5. The van der Waals surface area contributed by atoms with Gasteiger partial charge in [-0.3, -0.25) is 0 Å². The molecule has 0 aliphatic rings. The van der Waals surface area contributed by atoms with Crippen LogP contribution in [0.5, 0.6) is 0 Å².